The molecule has 1 aliphatic heterocycles. The SMILES string of the molecule is CC(C)c1ccc(Sc2nc3c(=O)[nH]c(N)nc3n2[C@@H]2O[C@H](CO)[C@@H](O)[C@H]2O)cc1. The maximum Gasteiger partial charge on any atom is 0.280 e. The van der Waals surface area contributed by atoms with Gasteiger partial charge in [-0.2, -0.15) is 4.98 Å². The number of anilines is 1. The van der Waals surface area contributed by atoms with Crippen molar-refractivity contribution < 1.29 is 20.1 Å². The Morgan fingerprint density at radius 1 is 1.23 bits per heavy atom. The molecule has 0 amide bonds. The number of benzene rings is 1. The van der Waals surface area contributed by atoms with E-state index in [-0.39, 0.29) is 17.1 Å². The molecule has 2 aromatic heterocycles. The Morgan fingerprint density at radius 2 is 1.93 bits per heavy atom. The van der Waals surface area contributed by atoms with E-state index in [0.29, 0.717) is 11.1 Å². The van der Waals surface area contributed by atoms with Crippen LogP contribution in [-0.2, 0) is 4.74 Å². The topological polar surface area (TPSA) is 160 Å². The van der Waals surface area contributed by atoms with Crippen LogP contribution in [0.25, 0.3) is 11.2 Å². The van der Waals surface area contributed by atoms with Gasteiger partial charge in [0.2, 0.25) is 5.95 Å². The van der Waals surface area contributed by atoms with E-state index in [1.165, 1.54) is 21.9 Å². The van der Waals surface area contributed by atoms with Crippen molar-refractivity contribution in [1.29, 1.82) is 0 Å². The molecule has 0 saturated carbocycles. The predicted molar refractivity (Wildman–Crippen MR) is 110 cm³/mol. The second kappa shape index (κ2) is 8.00. The molecular weight excluding hydrogens is 410 g/mol. The molecule has 0 unspecified atom stereocenters. The van der Waals surface area contributed by atoms with Crippen LogP contribution in [0.3, 0.4) is 0 Å². The van der Waals surface area contributed by atoms with Crippen LogP contribution in [0.5, 0.6) is 0 Å². The molecule has 1 saturated heterocycles. The standard InChI is InChI=1S/C19H23N5O5S/c1-8(2)9-3-5-10(6-4-9)30-19-21-12-15(22-18(20)23-16(12)28)24(19)17-14(27)13(26)11(7-25)29-17/h3-6,8,11,13-14,17,25-27H,7H2,1-2H3,(H3,20,22,23,28)/t11-,13-,14-,17-/m1/s1. The van der Waals surface area contributed by atoms with Crippen molar-refractivity contribution in [3.63, 3.8) is 0 Å². The molecule has 0 bridgehead atoms. The van der Waals surface area contributed by atoms with Crippen LogP contribution in [0.4, 0.5) is 5.95 Å². The molecule has 10 nitrogen and oxygen atoms in total. The van der Waals surface area contributed by atoms with Crippen LogP contribution in [-0.4, -0.2) is 59.8 Å². The lowest BCUT2D eigenvalue weighted by Crippen LogP contribution is -2.33. The second-order valence-corrected chi connectivity index (χ2v) is 8.48. The van der Waals surface area contributed by atoms with Gasteiger partial charge in [-0.25, -0.2) is 4.98 Å². The van der Waals surface area contributed by atoms with Gasteiger partial charge in [-0.1, -0.05) is 37.7 Å². The van der Waals surface area contributed by atoms with Gasteiger partial charge in [0.25, 0.3) is 5.56 Å². The van der Waals surface area contributed by atoms with Crippen molar-refractivity contribution in [2.45, 2.75) is 54.4 Å². The smallest absolute Gasteiger partial charge is 0.280 e. The summed E-state index contributed by atoms with van der Waals surface area (Å²) >= 11 is 1.26. The molecule has 11 heteroatoms. The summed E-state index contributed by atoms with van der Waals surface area (Å²) in [7, 11) is 0. The van der Waals surface area contributed by atoms with Crippen LogP contribution in [0.2, 0.25) is 0 Å². The zero-order valence-electron chi connectivity index (χ0n) is 16.4. The third kappa shape index (κ3) is 3.59. The van der Waals surface area contributed by atoms with E-state index >= 15 is 0 Å². The summed E-state index contributed by atoms with van der Waals surface area (Å²) in [5.74, 6) is 0.275. The number of hydrogen-bond donors (Lipinski definition) is 5. The number of rotatable bonds is 5. The number of aromatic nitrogens is 4. The van der Waals surface area contributed by atoms with Crippen molar-refractivity contribution in [3.8, 4) is 0 Å². The first-order chi connectivity index (χ1) is 14.3. The summed E-state index contributed by atoms with van der Waals surface area (Å²) in [4.78, 5) is 24.2. The Kier molecular flexibility index (Phi) is 5.55. The number of fused-ring (bicyclic) bond motifs is 1. The Bertz CT molecular complexity index is 1110. The molecule has 3 aromatic rings. The van der Waals surface area contributed by atoms with Gasteiger partial charge in [-0.05, 0) is 23.6 Å². The Hall–Kier alpha value is -2.44. The lowest BCUT2D eigenvalue weighted by atomic mass is 10.0. The lowest BCUT2D eigenvalue weighted by molar-refractivity contribution is -0.0548. The van der Waals surface area contributed by atoms with Gasteiger partial charge < -0.3 is 25.8 Å². The number of H-pyrrole nitrogens is 1. The van der Waals surface area contributed by atoms with E-state index < -0.39 is 36.7 Å². The summed E-state index contributed by atoms with van der Waals surface area (Å²) in [5.41, 5.74) is 6.51. The molecule has 6 N–H and O–H groups in total. The van der Waals surface area contributed by atoms with Gasteiger partial charge in [0, 0.05) is 4.90 Å². The minimum absolute atomic E-state index is 0.0308. The fourth-order valence-electron chi connectivity index (χ4n) is 3.40. The number of imidazole rings is 1. The van der Waals surface area contributed by atoms with Crippen molar-refractivity contribution >= 4 is 28.9 Å². The summed E-state index contributed by atoms with van der Waals surface area (Å²) in [6, 6.07) is 7.89. The number of aliphatic hydroxyl groups is 3. The molecule has 1 aliphatic rings. The van der Waals surface area contributed by atoms with Crippen LogP contribution in [0.1, 0.15) is 31.6 Å². The number of hydrogen-bond acceptors (Lipinski definition) is 9. The Labute approximate surface area is 175 Å². The van der Waals surface area contributed by atoms with Crippen LogP contribution >= 0.6 is 11.8 Å². The first-order valence-corrected chi connectivity index (χ1v) is 10.3. The zero-order chi connectivity index (χ0) is 21.6. The van der Waals surface area contributed by atoms with E-state index in [1.54, 1.807) is 0 Å². The molecule has 1 fully saturated rings. The van der Waals surface area contributed by atoms with E-state index in [1.807, 2.05) is 24.3 Å². The van der Waals surface area contributed by atoms with E-state index in [2.05, 4.69) is 28.8 Å². The van der Waals surface area contributed by atoms with Gasteiger partial charge >= 0.3 is 0 Å². The highest BCUT2D eigenvalue weighted by Crippen LogP contribution is 2.37. The minimum atomic E-state index is -1.36. The van der Waals surface area contributed by atoms with Crippen molar-refractivity contribution in [1.82, 2.24) is 19.5 Å². The van der Waals surface area contributed by atoms with Gasteiger partial charge in [-0.3, -0.25) is 14.3 Å². The molecule has 3 heterocycles. The monoisotopic (exact) mass is 433 g/mol. The summed E-state index contributed by atoms with van der Waals surface area (Å²) in [5, 5.41) is 30.5. The fraction of sp³-hybridized carbons (Fsp3) is 0.421. The maximum absolute atomic E-state index is 12.4. The largest absolute Gasteiger partial charge is 0.394 e. The fourth-order valence-corrected chi connectivity index (χ4v) is 4.31. The second-order valence-electron chi connectivity index (χ2n) is 7.44. The molecule has 0 spiro atoms. The third-order valence-electron chi connectivity index (χ3n) is 5.06. The summed E-state index contributed by atoms with van der Waals surface area (Å²) in [6.07, 6.45) is -4.75. The Balaban J connectivity index is 1.82. The number of ether oxygens (including phenoxy) is 1. The molecule has 30 heavy (non-hydrogen) atoms. The molecule has 4 rings (SSSR count). The summed E-state index contributed by atoms with van der Waals surface area (Å²) < 4.78 is 7.10. The number of nitrogens with two attached hydrogens (primary N) is 1. The predicted octanol–water partition coefficient (Wildman–Crippen LogP) is 0.588. The van der Waals surface area contributed by atoms with Gasteiger partial charge in [0.1, 0.15) is 18.3 Å². The average Bonchev–Trinajstić information content (AvgIpc) is 3.19. The third-order valence-corrected chi connectivity index (χ3v) is 6.04. The quantitative estimate of drug-likeness (QED) is 0.388. The summed E-state index contributed by atoms with van der Waals surface area (Å²) in [6.45, 7) is 3.73. The molecule has 1 aromatic carbocycles. The molecule has 0 aliphatic carbocycles. The highest BCUT2D eigenvalue weighted by Gasteiger charge is 2.45. The van der Waals surface area contributed by atoms with Crippen LogP contribution < -0.4 is 11.3 Å². The average molecular weight is 433 g/mol. The van der Waals surface area contributed by atoms with Gasteiger partial charge in [0.15, 0.2) is 22.5 Å². The lowest BCUT2D eigenvalue weighted by Gasteiger charge is -2.19. The highest BCUT2D eigenvalue weighted by atomic mass is 32.2. The first kappa shape index (κ1) is 20.8. The van der Waals surface area contributed by atoms with Crippen molar-refractivity contribution in [2.75, 3.05) is 12.3 Å². The Morgan fingerprint density at radius 3 is 2.53 bits per heavy atom. The zero-order valence-corrected chi connectivity index (χ0v) is 17.2. The molecule has 160 valence electrons. The normalized spacial score (nSPS) is 24.2. The van der Waals surface area contributed by atoms with Gasteiger partial charge in [-0.15, -0.1) is 0 Å². The van der Waals surface area contributed by atoms with Crippen molar-refractivity contribution in [3.05, 3.63) is 40.2 Å². The molecule has 0 radical (unpaired) electrons. The highest BCUT2D eigenvalue weighted by molar-refractivity contribution is 7.99. The van der Waals surface area contributed by atoms with E-state index in [9.17, 15) is 20.1 Å². The van der Waals surface area contributed by atoms with E-state index in [0.717, 1.165) is 4.90 Å². The van der Waals surface area contributed by atoms with Crippen molar-refractivity contribution in [2.24, 2.45) is 0 Å². The molecule has 4 atom stereocenters. The van der Waals surface area contributed by atoms with Crippen LogP contribution in [0.15, 0.2) is 39.1 Å². The minimum Gasteiger partial charge on any atom is -0.394 e. The van der Waals surface area contributed by atoms with Gasteiger partial charge in [0.05, 0.1) is 6.61 Å². The first-order valence-electron chi connectivity index (χ1n) is 9.48. The van der Waals surface area contributed by atoms with Crippen LogP contribution in [0, 0.1) is 0 Å². The number of aromatic amines is 1. The van der Waals surface area contributed by atoms with E-state index in [4.69, 9.17) is 10.5 Å². The maximum atomic E-state index is 12.4. The number of nitrogen functional groups attached to an aromatic ring is 1. The number of aliphatic hydroxyl groups excluding tert-OH is 3. The number of nitrogens with zero attached hydrogens (tertiary/aromatic N) is 3. The number of nitrogens with one attached hydrogen (secondary N) is 1. The molecular formula is C19H23N5O5S.